The molecule has 4 nitrogen and oxygen atoms in total. The summed E-state index contributed by atoms with van der Waals surface area (Å²) in [5, 5.41) is 12.1. The number of rotatable bonds is 4. The van der Waals surface area contributed by atoms with Crippen molar-refractivity contribution in [2.45, 2.75) is 13.0 Å². The maximum absolute atomic E-state index is 8.77. The van der Waals surface area contributed by atoms with Gasteiger partial charge in [0.05, 0.1) is 30.6 Å². The third-order valence-corrected chi connectivity index (χ3v) is 2.87. The smallest absolute Gasteiger partial charge is 0.213 e. The molecule has 1 unspecified atom stereocenters. The van der Waals surface area contributed by atoms with Gasteiger partial charge in [0, 0.05) is 12.1 Å². The van der Waals surface area contributed by atoms with Gasteiger partial charge in [-0.25, -0.2) is 4.98 Å². The Kier molecular flexibility index (Phi) is 3.99. The van der Waals surface area contributed by atoms with Gasteiger partial charge in [0.2, 0.25) is 5.88 Å². The summed E-state index contributed by atoms with van der Waals surface area (Å²) in [6.45, 7) is 2.06. The molecule has 1 N–H and O–H groups in total. The van der Waals surface area contributed by atoms with Gasteiger partial charge in [0.15, 0.2) is 0 Å². The first kappa shape index (κ1) is 12.9. The molecule has 1 atom stereocenters. The van der Waals surface area contributed by atoms with Crippen molar-refractivity contribution in [1.29, 1.82) is 5.26 Å². The van der Waals surface area contributed by atoms with Gasteiger partial charge in [0.1, 0.15) is 0 Å². The quantitative estimate of drug-likeness (QED) is 0.909. The van der Waals surface area contributed by atoms with Crippen molar-refractivity contribution in [2.75, 3.05) is 12.4 Å². The maximum Gasteiger partial charge on any atom is 0.213 e. The molecule has 0 aliphatic heterocycles. The van der Waals surface area contributed by atoms with Crippen LogP contribution in [0, 0.1) is 11.3 Å². The molecule has 0 fully saturated rings. The molecule has 96 valence electrons. The molecule has 0 radical (unpaired) electrons. The predicted octanol–water partition coefficient (Wildman–Crippen LogP) is 3.13. The zero-order valence-electron chi connectivity index (χ0n) is 10.9. The van der Waals surface area contributed by atoms with Gasteiger partial charge in [-0.1, -0.05) is 12.1 Å². The molecule has 1 heterocycles. The minimum atomic E-state index is 0.142. The monoisotopic (exact) mass is 253 g/mol. The Hall–Kier alpha value is -2.54. The van der Waals surface area contributed by atoms with Crippen LogP contribution in [0.3, 0.4) is 0 Å². The summed E-state index contributed by atoms with van der Waals surface area (Å²) in [4.78, 5) is 4.14. The summed E-state index contributed by atoms with van der Waals surface area (Å²) in [5.41, 5.74) is 2.72. The van der Waals surface area contributed by atoms with Gasteiger partial charge in [0.25, 0.3) is 0 Å². The molecule has 1 aromatic carbocycles. The number of pyridine rings is 1. The highest BCUT2D eigenvalue weighted by Crippen LogP contribution is 2.20. The van der Waals surface area contributed by atoms with Crippen LogP contribution in [0.4, 0.5) is 5.69 Å². The van der Waals surface area contributed by atoms with Crippen molar-refractivity contribution in [3.8, 4) is 11.9 Å². The van der Waals surface area contributed by atoms with Crippen LogP contribution < -0.4 is 10.1 Å². The van der Waals surface area contributed by atoms with Crippen LogP contribution in [0.25, 0.3) is 0 Å². The normalized spacial score (nSPS) is 11.4. The largest absolute Gasteiger partial charge is 0.481 e. The predicted molar refractivity (Wildman–Crippen MR) is 74.0 cm³/mol. The van der Waals surface area contributed by atoms with Crippen molar-refractivity contribution in [3.63, 3.8) is 0 Å². The van der Waals surface area contributed by atoms with E-state index < -0.39 is 0 Å². The van der Waals surface area contributed by atoms with Gasteiger partial charge >= 0.3 is 0 Å². The highest BCUT2D eigenvalue weighted by atomic mass is 16.5. The molecular weight excluding hydrogens is 238 g/mol. The molecule has 0 saturated heterocycles. The Morgan fingerprint density at radius 3 is 2.47 bits per heavy atom. The second-order valence-corrected chi connectivity index (χ2v) is 4.19. The minimum Gasteiger partial charge on any atom is -0.481 e. The van der Waals surface area contributed by atoms with Gasteiger partial charge < -0.3 is 10.1 Å². The number of nitriles is 1. The molecule has 2 aromatic rings. The van der Waals surface area contributed by atoms with Crippen LogP contribution in [0.5, 0.6) is 5.88 Å². The molecule has 2 rings (SSSR count). The molecule has 0 amide bonds. The minimum absolute atomic E-state index is 0.142. The Bertz CT molecular complexity index is 570. The summed E-state index contributed by atoms with van der Waals surface area (Å²) in [6.07, 6.45) is 1.74. The first-order valence-corrected chi connectivity index (χ1v) is 5.99. The number of ether oxygens (including phenoxy) is 1. The Morgan fingerprint density at radius 2 is 1.95 bits per heavy atom. The number of methoxy groups -OCH3 is 1. The van der Waals surface area contributed by atoms with Crippen molar-refractivity contribution in [2.24, 2.45) is 0 Å². The van der Waals surface area contributed by atoms with E-state index in [9.17, 15) is 0 Å². The highest BCUT2D eigenvalue weighted by Gasteiger charge is 2.05. The molecule has 0 aliphatic rings. The highest BCUT2D eigenvalue weighted by molar-refractivity contribution is 5.45. The zero-order chi connectivity index (χ0) is 13.7. The maximum atomic E-state index is 8.77. The number of nitrogens with one attached hydrogen (secondary N) is 1. The fourth-order valence-electron chi connectivity index (χ4n) is 1.77. The molecule has 0 bridgehead atoms. The lowest BCUT2D eigenvalue weighted by molar-refractivity contribution is 0.398. The Balaban J connectivity index is 2.06. The zero-order valence-corrected chi connectivity index (χ0v) is 10.9. The van der Waals surface area contributed by atoms with E-state index in [0.29, 0.717) is 11.4 Å². The molecule has 0 spiro atoms. The fraction of sp³-hybridized carbons (Fsp3) is 0.200. The van der Waals surface area contributed by atoms with Crippen molar-refractivity contribution >= 4 is 5.69 Å². The van der Waals surface area contributed by atoms with E-state index in [-0.39, 0.29) is 6.04 Å². The summed E-state index contributed by atoms with van der Waals surface area (Å²) in [5.74, 6) is 0.594. The van der Waals surface area contributed by atoms with E-state index in [2.05, 4.69) is 23.3 Å². The van der Waals surface area contributed by atoms with Gasteiger partial charge in [-0.2, -0.15) is 5.26 Å². The number of hydrogen-bond acceptors (Lipinski definition) is 4. The summed E-state index contributed by atoms with van der Waals surface area (Å²) in [6, 6.07) is 13.5. The lowest BCUT2D eigenvalue weighted by Crippen LogP contribution is -2.06. The summed E-state index contributed by atoms with van der Waals surface area (Å²) >= 11 is 0. The van der Waals surface area contributed by atoms with Gasteiger partial charge in [-0.15, -0.1) is 0 Å². The number of anilines is 1. The molecule has 0 aliphatic carbocycles. The van der Waals surface area contributed by atoms with E-state index in [1.807, 2.05) is 36.4 Å². The van der Waals surface area contributed by atoms with Gasteiger partial charge in [-0.05, 0) is 30.7 Å². The molecule has 1 aromatic heterocycles. The van der Waals surface area contributed by atoms with Crippen LogP contribution in [0.1, 0.15) is 24.1 Å². The average molecular weight is 253 g/mol. The lowest BCUT2D eigenvalue weighted by Gasteiger charge is -2.15. The van der Waals surface area contributed by atoms with E-state index in [4.69, 9.17) is 10.00 Å². The topological polar surface area (TPSA) is 57.9 Å². The molecule has 0 saturated carbocycles. The molecule has 19 heavy (non-hydrogen) atoms. The van der Waals surface area contributed by atoms with Crippen LogP contribution >= 0.6 is 0 Å². The fourth-order valence-corrected chi connectivity index (χ4v) is 1.77. The number of benzene rings is 1. The third kappa shape index (κ3) is 3.23. The van der Waals surface area contributed by atoms with Crippen molar-refractivity contribution < 1.29 is 4.74 Å². The Labute approximate surface area is 112 Å². The summed E-state index contributed by atoms with van der Waals surface area (Å²) in [7, 11) is 1.59. The van der Waals surface area contributed by atoms with Crippen molar-refractivity contribution in [1.82, 2.24) is 4.98 Å². The second kappa shape index (κ2) is 5.87. The lowest BCUT2D eigenvalue weighted by atomic mass is 10.1. The molecule has 4 heteroatoms. The standard InChI is InChI=1S/C15H15N3O/c1-11(13-5-3-12(9-16)4-6-13)18-14-7-8-15(19-2)17-10-14/h3-8,10-11,18H,1-2H3. The van der Waals surface area contributed by atoms with Crippen LogP contribution in [0.15, 0.2) is 42.6 Å². The first-order chi connectivity index (χ1) is 9.22. The van der Waals surface area contributed by atoms with E-state index in [0.717, 1.165) is 11.3 Å². The third-order valence-electron chi connectivity index (χ3n) is 2.87. The second-order valence-electron chi connectivity index (χ2n) is 4.19. The van der Waals surface area contributed by atoms with Crippen LogP contribution in [-0.4, -0.2) is 12.1 Å². The van der Waals surface area contributed by atoms with Gasteiger partial charge in [-0.3, -0.25) is 0 Å². The van der Waals surface area contributed by atoms with E-state index in [1.54, 1.807) is 13.3 Å². The first-order valence-electron chi connectivity index (χ1n) is 5.99. The van der Waals surface area contributed by atoms with E-state index in [1.165, 1.54) is 0 Å². The number of hydrogen-bond donors (Lipinski definition) is 1. The van der Waals surface area contributed by atoms with Crippen LogP contribution in [-0.2, 0) is 0 Å². The van der Waals surface area contributed by atoms with Crippen molar-refractivity contribution in [3.05, 3.63) is 53.7 Å². The molecular formula is C15H15N3O. The van der Waals surface area contributed by atoms with Crippen LogP contribution in [0.2, 0.25) is 0 Å². The average Bonchev–Trinajstić information content (AvgIpc) is 2.48. The van der Waals surface area contributed by atoms with E-state index >= 15 is 0 Å². The summed E-state index contributed by atoms with van der Waals surface area (Å²) < 4.78 is 5.01. The SMILES string of the molecule is COc1ccc(NC(C)c2ccc(C#N)cc2)cn1. The number of aromatic nitrogens is 1. The Morgan fingerprint density at radius 1 is 1.21 bits per heavy atom. The number of nitrogens with zero attached hydrogens (tertiary/aromatic N) is 2.